The molecule has 0 heterocycles. The van der Waals surface area contributed by atoms with E-state index in [-0.39, 0.29) is 6.54 Å². The Bertz CT molecular complexity index is 398. The van der Waals surface area contributed by atoms with Gasteiger partial charge in [0.1, 0.15) is 6.54 Å². The van der Waals surface area contributed by atoms with Crippen molar-refractivity contribution in [3.63, 3.8) is 0 Å². The molecule has 2 N–H and O–H groups in total. The maximum absolute atomic E-state index is 12.1. The van der Waals surface area contributed by atoms with Gasteiger partial charge in [-0.2, -0.15) is 0 Å². The fourth-order valence-electron chi connectivity index (χ4n) is 2.44. The summed E-state index contributed by atoms with van der Waals surface area (Å²) in [6, 6.07) is -0.850. The molecule has 1 aliphatic rings. The third-order valence-electron chi connectivity index (χ3n) is 3.96. The van der Waals surface area contributed by atoms with Crippen LogP contribution in [0.1, 0.15) is 33.1 Å². The molecule has 2 amide bonds. The molecule has 1 rings (SSSR count). The standard InChI is InChI=1S/C13H22N2O5/c1-4-15(8-10(16)20-3)12(19)14-9-6-5-7-13(9,2)11(17)18/h9H,4-8H2,1-3H3,(H,14,19)(H,17,18). The number of rotatable bonds is 5. The number of hydrogen-bond acceptors (Lipinski definition) is 4. The highest BCUT2D eigenvalue weighted by Gasteiger charge is 2.46. The Hall–Kier alpha value is -1.79. The van der Waals surface area contributed by atoms with Gasteiger partial charge in [-0.05, 0) is 26.7 Å². The zero-order valence-corrected chi connectivity index (χ0v) is 12.1. The highest BCUT2D eigenvalue weighted by atomic mass is 16.5. The number of nitrogens with zero attached hydrogens (tertiary/aromatic N) is 1. The summed E-state index contributed by atoms with van der Waals surface area (Å²) in [6.45, 7) is 3.59. The van der Waals surface area contributed by atoms with Crippen molar-refractivity contribution in [1.29, 1.82) is 0 Å². The maximum Gasteiger partial charge on any atom is 0.325 e. The second-order valence-corrected chi connectivity index (χ2v) is 5.21. The number of amides is 2. The van der Waals surface area contributed by atoms with E-state index in [1.807, 2.05) is 0 Å². The van der Waals surface area contributed by atoms with E-state index < -0.39 is 29.4 Å². The van der Waals surface area contributed by atoms with Crippen molar-refractivity contribution in [3.05, 3.63) is 0 Å². The van der Waals surface area contributed by atoms with E-state index in [1.54, 1.807) is 13.8 Å². The van der Waals surface area contributed by atoms with Crippen LogP contribution in [0.4, 0.5) is 4.79 Å². The van der Waals surface area contributed by atoms with Gasteiger partial charge in [0.05, 0.1) is 12.5 Å². The Kier molecular flexibility index (Phi) is 5.35. The van der Waals surface area contributed by atoms with Crippen LogP contribution in [-0.2, 0) is 14.3 Å². The Labute approximate surface area is 118 Å². The van der Waals surface area contributed by atoms with Gasteiger partial charge in [-0.3, -0.25) is 9.59 Å². The summed E-state index contributed by atoms with van der Waals surface area (Å²) in [4.78, 5) is 36.0. The van der Waals surface area contributed by atoms with Crippen LogP contribution in [0.25, 0.3) is 0 Å². The van der Waals surface area contributed by atoms with E-state index in [0.29, 0.717) is 19.4 Å². The topological polar surface area (TPSA) is 95.9 Å². The van der Waals surface area contributed by atoms with Crippen LogP contribution < -0.4 is 5.32 Å². The number of ether oxygens (including phenoxy) is 1. The molecule has 20 heavy (non-hydrogen) atoms. The zero-order chi connectivity index (χ0) is 15.3. The molecule has 2 atom stereocenters. The minimum absolute atomic E-state index is 0.144. The van der Waals surface area contributed by atoms with Gasteiger partial charge in [0, 0.05) is 12.6 Å². The van der Waals surface area contributed by atoms with Crippen LogP contribution in [0.15, 0.2) is 0 Å². The van der Waals surface area contributed by atoms with Crippen LogP contribution in [0.3, 0.4) is 0 Å². The van der Waals surface area contributed by atoms with Gasteiger partial charge in [0.25, 0.3) is 0 Å². The minimum atomic E-state index is -0.944. The number of likely N-dealkylation sites (N-methyl/N-ethyl adjacent to an activating group) is 1. The van der Waals surface area contributed by atoms with E-state index in [9.17, 15) is 19.5 Å². The summed E-state index contributed by atoms with van der Waals surface area (Å²) in [7, 11) is 1.26. The molecule has 1 saturated carbocycles. The number of carbonyl (C=O) groups excluding carboxylic acids is 2. The summed E-state index contributed by atoms with van der Waals surface area (Å²) >= 11 is 0. The van der Waals surface area contributed by atoms with Crippen LogP contribution in [0, 0.1) is 5.41 Å². The van der Waals surface area contributed by atoms with Crippen molar-refractivity contribution in [2.45, 2.75) is 39.2 Å². The molecule has 114 valence electrons. The fourth-order valence-corrected chi connectivity index (χ4v) is 2.44. The third-order valence-corrected chi connectivity index (χ3v) is 3.96. The van der Waals surface area contributed by atoms with E-state index in [2.05, 4.69) is 10.1 Å². The second-order valence-electron chi connectivity index (χ2n) is 5.21. The average molecular weight is 286 g/mol. The lowest BCUT2D eigenvalue weighted by Crippen LogP contribution is -2.52. The van der Waals surface area contributed by atoms with Crippen LogP contribution in [0.5, 0.6) is 0 Å². The number of hydrogen-bond donors (Lipinski definition) is 2. The molecule has 7 nitrogen and oxygen atoms in total. The number of urea groups is 1. The molecule has 1 fully saturated rings. The van der Waals surface area contributed by atoms with E-state index in [0.717, 1.165) is 6.42 Å². The molecular weight excluding hydrogens is 264 g/mol. The van der Waals surface area contributed by atoms with Gasteiger partial charge in [0.15, 0.2) is 0 Å². The van der Waals surface area contributed by atoms with E-state index in [4.69, 9.17) is 0 Å². The van der Waals surface area contributed by atoms with Gasteiger partial charge in [0.2, 0.25) is 0 Å². The van der Waals surface area contributed by atoms with E-state index >= 15 is 0 Å². The van der Waals surface area contributed by atoms with Crippen LogP contribution in [-0.4, -0.2) is 54.2 Å². The first-order valence-electron chi connectivity index (χ1n) is 6.70. The smallest absolute Gasteiger partial charge is 0.325 e. The molecule has 2 unspecified atom stereocenters. The molecule has 0 radical (unpaired) electrons. The predicted octanol–water partition coefficient (Wildman–Crippen LogP) is 0.834. The average Bonchev–Trinajstić information content (AvgIpc) is 2.78. The van der Waals surface area contributed by atoms with Gasteiger partial charge >= 0.3 is 18.0 Å². The molecule has 0 aliphatic heterocycles. The lowest BCUT2D eigenvalue weighted by molar-refractivity contribution is -0.148. The molecule has 7 heteroatoms. The van der Waals surface area contributed by atoms with Crippen LogP contribution in [0.2, 0.25) is 0 Å². The number of methoxy groups -OCH3 is 1. The minimum Gasteiger partial charge on any atom is -0.481 e. The molecule has 0 saturated heterocycles. The Balaban J connectivity index is 2.68. The molecular formula is C13H22N2O5. The largest absolute Gasteiger partial charge is 0.481 e. The first kappa shape index (κ1) is 16.3. The monoisotopic (exact) mass is 286 g/mol. The predicted molar refractivity (Wildman–Crippen MR) is 71.2 cm³/mol. The number of esters is 1. The van der Waals surface area contributed by atoms with Crippen molar-refractivity contribution >= 4 is 18.0 Å². The summed E-state index contributed by atoms with van der Waals surface area (Å²) in [5, 5.41) is 12.0. The maximum atomic E-state index is 12.1. The molecule has 0 aromatic heterocycles. The molecule has 0 bridgehead atoms. The number of nitrogens with one attached hydrogen (secondary N) is 1. The zero-order valence-electron chi connectivity index (χ0n) is 12.1. The number of carboxylic acid groups (broad SMARTS) is 1. The summed E-state index contributed by atoms with van der Waals surface area (Å²) in [5.74, 6) is -1.41. The lowest BCUT2D eigenvalue weighted by atomic mass is 9.85. The van der Waals surface area contributed by atoms with Gasteiger partial charge in [-0.1, -0.05) is 6.42 Å². The SMILES string of the molecule is CCN(CC(=O)OC)C(=O)NC1CCCC1(C)C(=O)O. The van der Waals surface area contributed by atoms with Crippen molar-refractivity contribution in [3.8, 4) is 0 Å². The van der Waals surface area contributed by atoms with Gasteiger partial charge in [-0.15, -0.1) is 0 Å². The highest BCUT2D eigenvalue weighted by Crippen LogP contribution is 2.38. The van der Waals surface area contributed by atoms with Gasteiger partial charge in [-0.25, -0.2) is 4.79 Å². The van der Waals surface area contributed by atoms with Crippen molar-refractivity contribution in [1.82, 2.24) is 10.2 Å². The fraction of sp³-hybridized carbons (Fsp3) is 0.769. The molecule has 0 aromatic rings. The lowest BCUT2D eigenvalue weighted by Gasteiger charge is -2.30. The number of carbonyl (C=O) groups is 3. The summed E-state index contributed by atoms with van der Waals surface area (Å²) in [6.07, 6.45) is 1.93. The van der Waals surface area contributed by atoms with Crippen molar-refractivity contribution in [2.24, 2.45) is 5.41 Å². The summed E-state index contributed by atoms with van der Waals surface area (Å²) < 4.78 is 4.53. The first-order chi connectivity index (χ1) is 9.35. The Morgan fingerprint density at radius 2 is 2.10 bits per heavy atom. The highest BCUT2D eigenvalue weighted by molar-refractivity contribution is 5.82. The normalized spacial score (nSPS) is 25.1. The number of aliphatic carboxylic acids is 1. The second kappa shape index (κ2) is 6.58. The molecule has 1 aliphatic carbocycles. The first-order valence-corrected chi connectivity index (χ1v) is 6.70. The third kappa shape index (κ3) is 3.40. The molecule has 0 aromatic carbocycles. The van der Waals surface area contributed by atoms with Crippen LogP contribution >= 0.6 is 0 Å². The quantitative estimate of drug-likeness (QED) is 0.730. The van der Waals surface area contributed by atoms with Crippen molar-refractivity contribution in [2.75, 3.05) is 20.2 Å². The Morgan fingerprint density at radius 1 is 1.45 bits per heavy atom. The van der Waals surface area contributed by atoms with E-state index in [1.165, 1.54) is 12.0 Å². The summed E-state index contributed by atoms with van der Waals surface area (Å²) in [5.41, 5.74) is -0.944. The Morgan fingerprint density at radius 3 is 2.60 bits per heavy atom. The number of carboxylic acids is 1. The molecule has 0 spiro atoms. The van der Waals surface area contributed by atoms with Crippen molar-refractivity contribution < 1.29 is 24.2 Å². The van der Waals surface area contributed by atoms with Gasteiger partial charge < -0.3 is 20.1 Å².